The summed E-state index contributed by atoms with van der Waals surface area (Å²) in [5.41, 5.74) is 0. The van der Waals surface area contributed by atoms with Gasteiger partial charge in [0.2, 0.25) is 0 Å². The molecule has 7 heavy (non-hydrogen) atoms. The van der Waals surface area contributed by atoms with Crippen molar-refractivity contribution in [3.63, 3.8) is 0 Å². The summed E-state index contributed by atoms with van der Waals surface area (Å²) in [5, 5.41) is 9.46. The molecule has 1 N–H and O–H groups in total. The molecule has 0 radical (unpaired) electrons. The SMILES string of the molecule is COc1cn[nH]n1. The van der Waals surface area contributed by atoms with Crippen molar-refractivity contribution in [2.24, 2.45) is 0 Å². The summed E-state index contributed by atoms with van der Waals surface area (Å²) in [4.78, 5) is 0. The fourth-order valence-corrected chi connectivity index (χ4v) is 0.289. The van der Waals surface area contributed by atoms with Crippen molar-refractivity contribution in [1.82, 2.24) is 15.4 Å². The Hall–Kier alpha value is -1.06. The maximum Gasteiger partial charge on any atom is 0.252 e. The number of aromatic nitrogens is 3. The van der Waals surface area contributed by atoms with Gasteiger partial charge in [0.25, 0.3) is 5.88 Å². The minimum Gasteiger partial charge on any atom is -0.479 e. The van der Waals surface area contributed by atoms with Crippen LogP contribution in [-0.4, -0.2) is 22.5 Å². The van der Waals surface area contributed by atoms with Crippen molar-refractivity contribution in [3.8, 4) is 5.88 Å². The van der Waals surface area contributed by atoms with Crippen LogP contribution in [0.3, 0.4) is 0 Å². The second-order valence-corrected chi connectivity index (χ2v) is 1.01. The van der Waals surface area contributed by atoms with Crippen LogP contribution in [0.25, 0.3) is 0 Å². The monoisotopic (exact) mass is 99.0 g/mol. The summed E-state index contributed by atoms with van der Waals surface area (Å²) in [6.07, 6.45) is 1.50. The maximum absolute atomic E-state index is 4.65. The summed E-state index contributed by atoms with van der Waals surface area (Å²) in [6.45, 7) is 0. The van der Waals surface area contributed by atoms with Crippen LogP contribution in [0.1, 0.15) is 0 Å². The van der Waals surface area contributed by atoms with Crippen molar-refractivity contribution >= 4 is 0 Å². The number of aromatic amines is 1. The van der Waals surface area contributed by atoms with Crippen molar-refractivity contribution in [1.29, 1.82) is 0 Å². The van der Waals surface area contributed by atoms with E-state index in [0.717, 1.165) is 0 Å². The molecule has 0 aliphatic rings. The first-order chi connectivity index (χ1) is 3.43. The summed E-state index contributed by atoms with van der Waals surface area (Å²) < 4.78 is 4.65. The molecule has 0 bridgehead atoms. The highest BCUT2D eigenvalue weighted by atomic mass is 16.5. The summed E-state index contributed by atoms with van der Waals surface area (Å²) in [6, 6.07) is 0. The number of H-pyrrole nitrogens is 1. The molecule has 0 aliphatic carbocycles. The molecule has 0 spiro atoms. The molecule has 0 amide bonds. The van der Waals surface area contributed by atoms with Gasteiger partial charge in [-0.1, -0.05) is 0 Å². The normalized spacial score (nSPS) is 8.71. The quantitative estimate of drug-likeness (QED) is 0.531. The highest BCUT2D eigenvalue weighted by Crippen LogP contribution is 1.94. The van der Waals surface area contributed by atoms with E-state index in [9.17, 15) is 0 Å². The minimum atomic E-state index is 0.514. The molecular formula is C3H5N3O. The Morgan fingerprint density at radius 2 is 2.71 bits per heavy atom. The molecule has 0 saturated heterocycles. The first-order valence-corrected chi connectivity index (χ1v) is 1.83. The number of hydrogen-bond acceptors (Lipinski definition) is 3. The Bertz CT molecular complexity index is 125. The van der Waals surface area contributed by atoms with Crippen molar-refractivity contribution < 1.29 is 4.74 Å². The van der Waals surface area contributed by atoms with E-state index in [-0.39, 0.29) is 0 Å². The van der Waals surface area contributed by atoms with Gasteiger partial charge in [-0.05, 0) is 0 Å². The number of rotatable bonds is 1. The fraction of sp³-hybridized carbons (Fsp3) is 0.333. The first kappa shape index (κ1) is 4.11. The maximum atomic E-state index is 4.65. The van der Waals surface area contributed by atoms with E-state index in [1.54, 1.807) is 0 Å². The third kappa shape index (κ3) is 0.677. The largest absolute Gasteiger partial charge is 0.479 e. The van der Waals surface area contributed by atoms with Gasteiger partial charge >= 0.3 is 0 Å². The van der Waals surface area contributed by atoms with Crippen LogP contribution in [-0.2, 0) is 0 Å². The predicted octanol–water partition coefficient (Wildman–Crippen LogP) is -0.187. The lowest BCUT2D eigenvalue weighted by Crippen LogP contribution is -1.79. The van der Waals surface area contributed by atoms with Crippen molar-refractivity contribution in [3.05, 3.63) is 6.20 Å². The summed E-state index contributed by atoms with van der Waals surface area (Å²) >= 11 is 0. The van der Waals surface area contributed by atoms with E-state index in [1.807, 2.05) is 0 Å². The fourth-order valence-electron chi connectivity index (χ4n) is 0.289. The van der Waals surface area contributed by atoms with Crippen LogP contribution in [0.15, 0.2) is 6.20 Å². The zero-order valence-electron chi connectivity index (χ0n) is 3.88. The average molecular weight is 99.1 g/mol. The highest BCUT2D eigenvalue weighted by Gasteiger charge is 1.85. The van der Waals surface area contributed by atoms with Crippen LogP contribution in [0.4, 0.5) is 0 Å². The van der Waals surface area contributed by atoms with E-state index in [0.29, 0.717) is 5.88 Å². The van der Waals surface area contributed by atoms with Crippen LogP contribution in [0.2, 0.25) is 0 Å². The molecule has 4 nitrogen and oxygen atoms in total. The predicted molar refractivity (Wildman–Crippen MR) is 22.9 cm³/mol. The second-order valence-electron chi connectivity index (χ2n) is 1.01. The molecule has 1 aromatic rings. The number of nitrogens with zero attached hydrogens (tertiary/aromatic N) is 2. The molecule has 1 rings (SSSR count). The molecule has 0 aromatic carbocycles. The number of hydrogen-bond donors (Lipinski definition) is 1. The van der Waals surface area contributed by atoms with Crippen molar-refractivity contribution in [2.45, 2.75) is 0 Å². The topological polar surface area (TPSA) is 50.8 Å². The molecule has 0 unspecified atom stereocenters. The minimum absolute atomic E-state index is 0.514. The number of methoxy groups -OCH3 is 1. The van der Waals surface area contributed by atoms with Crippen LogP contribution in [0, 0.1) is 0 Å². The van der Waals surface area contributed by atoms with Gasteiger partial charge in [0.1, 0.15) is 6.20 Å². The number of ether oxygens (including phenoxy) is 1. The Balaban J connectivity index is 2.76. The zero-order valence-corrected chi connectivity index (χ0v) is 3.88. The van der Waals surface area contributed by atoms with Gasteiger partial charge in [0.05, 0.1) is 7.11 Å². The van der Waals surface area contributed by atoms with Crippen LogP contribution >= 0.6 is 0 Å². The van der Waals surface area contributed by atoms with E-state index in [4.69, 9.17) is 0 Å². The second kappa shape index (κ2) is 1.59. The van der Waals surface area contributed by atoms with E-state index in [1.165, 1.54) is 13.3 Å². The average Bonchev–Trinajstić information content (AvgIpc) is 2.14. The standard InChI is InChI=1S/C3H5N3O/c1-7-3-2-4-6-5-3/h2H,1H3,(H,4,5,6). The Morgan fingerprint density at radius 1 is 1.86 bits per heavy atom. The molecular weight excluding hydrogens is 94.1 g/mol. The van der Waals surface area contributed by atoms with Crippen molar-refractivity contribution in [2.75, 3.05) is 7.11 Å². The van der Waals surface area contributed by atoms with E-state index < -0.39 is 0 Å². The third-order valence-electron chi connectivity index (χ3n) is 0.602. The molecule has 1 aromatic heterocycles. The van der Waals surface area contributed by atoms with Gasteiger partial charge in [-0.15, -0.1) is 5.10 Å². The smallest absolute Gasteiger partial charge is 0.252 e. The van der Waals surface area contributed by atoms with Gasteiger partial charge < -0.3 is 4.74 Å². The molecule has 38 valence electrons. The van der Waals surface area contributed by atoms with Gasteiger partial charge in [-0.25, -0.2) is 0 Å². The molecule has 1 heterocycles. The lowest BCUT2D eigenvalue weighted by atomic mass is 10.9. The lowest BCUT2D eigenvalue weighted by Gasteiger charge is -1.83. The van der Waals surface area contributed by atoms with E-state index >= 15 is 0 Å². The Labute approximate surface area is 40.5 Å². The summed E-state index contributed by atoms with van der Waals surface area (Å²) in [7, 11) is 1.54. The highest BCUT2D eigenvalue weighted by molar-refractivity contribution is 4.96. The molecule has 0 fully saturated rings. The zero-order chi connectivity index (χ0) is 5.11. The van der Waals surface area contributed by atoms with Gasteiger partial charge in [-0.2, -0.15) is 10.3 Å². The molecule has 0 atom stereocenters. The van der Waals surface area contributed by atoms with Crippen LogP contribution in [0.5, 0.6) is 5.88 Å². The number of nitrogens with one attached hydrogen (secondary N) is 1. The third-order valence-corrected chi connectivity index (χ3v) is 0.602. The van der Waals surface area contributed by atoms with E-state index in [2.05, 4.69) is 20.1 Å². The van der Waals surface area contributed by atoms with Gasteiger partial charge in [-0.3, -0.25) is 0 Å². The first-order valence-electron chi connectivity index (χ1n) is 1.83. The Kier molecular flexibility index (Phi) is 0.934. The Morgan fingerprint density at radius 3 is 3.00 bits per heavy atom. The van der Waals surface area contributed by atoms with Gasteiger partial charge in [0.15, 0.2) is 0 Å². The summed E-state index contributed by atoms with van der Waals surface area (Å²) in [5.74, 6) is 0.514. The lowest BCUT2D eigenvalue weighted by molar-refractivity contribution is 0.397. The van der Waals surface area contributed by atoms with Gasteiger partial charge in [0, 0.05) is 0 Å². The molecule has 0 aliphatic heterocycles. The molecule has 0 saturated carbocycles. The van der Waals surface area contributed by atoms with Crippen LogP contribution < -0.4 is 4.74 Å². The molecule has 4 heteroatoms.